The van der Waals surface area contributed by atoms with Crippen molar-refractivity contribution in [2.45, 2.75) is 19.1 Å². The van der Waals surface area contributed by atoms with Gasteiger partial charge in [-0.25, -0.2) is 18.1 Å². The number of rotatable bonds is 6. The maximum atomic E-state index is 11.9. The molecule has 0 aliphatic heterocycles. The molecule has 1 heterocycles. The zero-order chi connectivity index (χ0) is 13.7. The van der Waals surface area contributed by atoms with Crippen molar-refractivity contribution in [3.63, 3.8) is 0 Å². The summed E-state index contributed by atoms with van der Waals surface area (Å²) in [6.07, 6.45) is 2.33. The number of nitrogens with one attached hydrogen (secondary N) is 2. The van der Waals surface area contributed by atoms with Crippen molar-refractivity contribution in [1.29, 1.82) is 0 Å². The highest BCUT2D eigenvalue weighted by molar-refractivity contribution is 7.88. The van der Waals surface area contributed by atoms with E-state index in [-0.39, 0.29) is 5.75 Å². The third-order valence-electron chi connectivity index (χ3n) is 2.67. The first-order valence-corrected chi connectivity index (χ1v) is 7.72. The molecule has 0 saturated heterocycles. The summed E-state index contributed by atoms with van der Waals surface area (Å²) in [5, 5.41) is 0. The summed E-state index contributed by atoms with van der Waals surface area (Å²) in [6.45, 7) is 2.24. The molecular formula is C13H17N3O2S. The number of hydrogen-bond donors (Lipinski definition) is 2. The number of imidazole rings is 1. The maximum Gasteiger partial charge on any atom is 0.215 e. The molecule has 0 fully saturated rings. The molecule has 0 aliphatic carbocycles. The summed E-state index contributed by atoms with van der Waals surface area (Å²) in [4.78, 5) is 7.13. The molecule has 1 aromatic heterocycles. The fraction of sp³-hybridized carbons (Fsp3) is 0.308. The zero-order valence-corrected chi connectivity index (χ0v) is 11.6. The molecule has 0 bridgehead atoms. The lowest BCUT2D eigenvalue weighted by Crippen LogP contribution is -2.27. The molecule has 6 heteroatoms. The topological polar surface area (TPSA) is 74.8 Å². The van der Waals surface area contributed by atoms with Crippen LogP contribution in [0.1, 0.15) is 17.1 Å². The number of aromatic amines is 1. The molecule has 0 saturated carbocycles. The largest absolute Gasteiger partial charge is 0.346 e. The highest BCUT2D eigenvalue weighted by Crippen LogP contribution is 2.04. The Balaban J connectivity index is 1.84. The predicted octanol–water partition coefficient (Wildman–Crippen LogP) is 1.38. The van der Waals surface area contributed by atoms with Gasteiger partial charge in [0.05, 0.1) is 5.75 Å². The van der Waals surface area contributed by atoms with Crippen LogP contribution in [0, 0.1) is 6.92 Å². The smallest absolute Gasteiger partial charge is 0.215 e. The third kappa shape index (κ3) is 4.50. The molecule has 0 atom stereocenters. The second kappa shape index (κ2) is 5.99. The lowest BCUT2D eigenvalue weighted by molar-refractivity contribution is 0.580. The van der Waals surface area contributed by atoms with Crippen molar-refractivity contribution >= 4 is 10.0 Å². The molecule has 5 nitrogen and oxygen atoms in total. The first kappa shape index (κ1) is 13.8. The number of benzene rings is 1. The summed E-state index contributed by atoms with van der Waals surface area (Å²) in [5.41, 5.74) is 1.72. The molecule has 2 aromatic rings. The minimum Gasteiger partial charge on any atom is -0.346 e. The van der Waals surface area contributed by atoms with E-state index in [9.17, 15) is 8.42 Å². The van der Waals surface area contributed by atoms with Gasteiger partial charge in [0, 0.05) is 24.9 Å². The van der Waals surface area contributed by atoms with Crippen LogP contribution in [0.3, 0.4) is 0 Å². The van der Waals surface area contributed by atoms with Crippen molar-refractivity contribution in [2.24, 2.45) is 0 Å². The van der Waals surface area contributed by atoms with E-state index < -0.39 is 10.0 Å². The molecule has 0 aliphatic rings. The van der Waals surface area contributed by atoms with Crippen LogP contribution in [-0.2, 0) is 22.2 Å². The van der Waals surface area contributed by atoms with Crippen LogP contribution in [0.25, 0.3) is 0 Å². The fourth-order valence-electron chi connectivity index (χ4n) is 1.78. The Morgan fingerprint density at radius 1 is 1.26 bits per heavy atom. The van der Waals surface area contributed by atoms with Crippen LogP contribution < -0.4 is 4.72 Å². The first-order valence-electron chi connectivity index (χ1n) is 6.07. The van der Waals surface area contributed by atoms with E-state index in [0.717, 1.165) is 17.1 Å². The Hall–Kier alpha value is -1.66. The van der Waals surface area contributed by atoms with E-state index in [1.165, 1.54) is 0 Å². The Kier molecular flexibility index (Phi) is 4.34. The van der Waals surface area contributed by atoms with E-state index in [1.807, 2.05) is 25.1 Å². The van der Waals surface area contributed by atoms with E-state index in [0.29, 0.717) is 13.0 Å². The highest BCUT2D eigenvalue weighted by atomic mass is 32.2. The first-order chi connectivity index (χ1) is 9.05. The normalized spacial score (nSPS) is 11.6. The van der Waals surface area contributed by atoms with Gasteiger partial charge in [-0.05, 0) is 12.5 Å². The molecule has 0 amide bonds. The molecule has 102 valence electrons. The van der Waals surface area contributed by atoms with Crippen LogP contribution in [-0.4, -0.2) is 24.9 Å². The second-order valence-electron chi connectivity index (χ2n) is 4.38. The van der Waals surface area contributed by atoms with Gasteiger partial charge in [0.1, 0.15) is 5.82 Å². The summed E-state index contributed by atoms with van der Waals surface area (Å²) in [7, 11) is -3.28. The summed E-state index contributed by atoms with van der Waals surface area (Å²) < 4.78 is 26.3. The van der Waals surface area contributed by atoms with Crippen LogP contribution in [0.5, 0.6) is 0 Å². The molecule has 2 rings (SSSR count). The van der Waals surface area contributed by atoms with Gasteiger partial charge in [0.25, 0.3) is 0 Å². The Morgan fingerprint density at radius 3 is 2.63 bits per heavy atom. The average Bonchev–Trinajstić information content (AvgIpc) is 2.75. The third-order valence-corrected chi connectivity index (χ3v) is 4.03. The zero-order valence-electron chi connectivity index (χ0n) is 10.8. The number of H-pyrrole nitrogens is 1. The highest BCUT2D eigenvalue weighted by Gasteiger charge is 2.10. The molecule has 0 spiro atoms. The number of aryl methyl sites for hydroxylation is 1. The van der Waals surface area contributed by atoms with Gasteiger partial charge in [0.2, 0.25) is 10.0 Å². The van der Waals surface area contributed by atoms with Gasteiger partial charge >= 0.3 is 0 Å². The van der Waals surface area contributed by atoms with E-state index in [1.54, 1.807) is 18.3 Å². The van der Waals surface area contributed by atoms with Gasteiger partial charge in [-0.1, -0.05) is 30.3 Å². The molecule has 2 N–H and O–H groups in total. The van der Waals surface area contributed by atoms with Gasteiger partial charge in [-0.3, -0.25) is 0 Å². The van der Waals surface area contributed by atoms with Crippen LogP contribution in [0.15, 0.2) is 36.5 Å². The van der Waals surface area contributed by atoms with E-state index in [4.69, 9.17) is 0 Å². The summed E-state index contributed by atoms with van der Waals surface area (Å²) >= 11 is 0. The Bertz CT molecular complexity index is 620. The number of nitrogens with zero attached hydrogens (tertiary/aromatic N) is 1. The molecular weight excluding hydrogens is 262 g/mol. The van der Waals surface area contributed by atoms with Crippen LogP contribution in [0.2, 0.25) is 0 Å². The van der Waals surface area contributed by atoms with Gasteiger partial charge in [-0.15, -0.1) is 0 Å². The lowest BCUT2D eigenvalue weighted by atomic mass is 10.2. The van der Waals surface area contributed by atoms with E-state index in [2.05, 4.69) is 14.7 Å². The van der Waals surface area contributed by atoms with Crippen LogP contribution in [0.4, 0.5) is 0 Å². The monoisotopic (exact) mass is 279 g/mol. The summed E-state index contributed by atoms with van der Waals surface area (Å²) in [6, 6.07) is 9.13. The van der Waals surface area contributed by atoms with Gasteiger partial charge < -0.3 is 4.98 Å². The number of sulfonamides is 1. The minimum atomic E-state index is -3.28. The Morgan fingerprint density at radius 2 is 2.00 bits per heavy atom. The van der Waals surface area contributed by atoms with Crippen molar-refractivity contribution < 1.29 is 8.42 Å². The molecule has 0 unspecified atom stereocenters. The van der Waals surface area contributed by atoms with Crippen molar-refractivity contribution in [2.75, 3.05) is 6.54 Å². The maximum absolute atomic E-state index is 11.9. The minimum absolute atomic E-state index is 0.00977. The molecule has 19 heavy (non-hydrogen) atoms. The Labute approximate surface area is 113 Å². The van der Waals surface area contributed by atoms with Crippen molar-refractivity contribution in [3.05, 3.63) is 53.6 Å². The predicted molar refractivity (Wildman–Crippen MR) is 74.1 cm³/mol. The van der Waals surface area contributed by atoms with Crippen molar-refractivity contribution in [1.82, 2.24) is 14.7 Å². The van der Waals surface area contributed by atoms with Gasteiger partial charge in [0.15, 0.2) is 0 Å². The van der Waals surface area contributed by atoms with Gasteiger partial charge in [-0.2, -0.15) is 0 Å². The molecule has 0 radical (unpaired) electrons. The number of aromatic nitrogens is 2. The summed E-state index contributed by atoms with van der Waals surface area (Å²) in [5.74, 6) is 0.845. The van der Waals surface area contributed by atoms with Crippen LogP contribution >= 0.6 is 0 Å². The van der Waals surface area contributed by atoms with Crippen molar-refractivity contribution in [3.8, 4) is 0 Å². The second-order valence-corrected chi connectivity index (χ2v) is 6.19. The number of hydrogen-bond acceptors (Lipinski definition) is 3. The van der Waals surface area contributed by atoms with E-state index >= 15 is 0 Å². The fourth-order valence-corrected chi connectivity index (χ4v) is 2.93. The quantitative estimate of drug-likeness (QED) is 0.839. The molecule has 1 aromatic carbocycles. The lowest BCUT2D eigenvalue weighted by Gasteiger charge is -2.06. The standard InChI is InChI=1S/C13H17N3O2S/c1-11-14-9-13(16-11)7-8-15-19(17,18)10-12-5-3-2-4-6-12/h2-6,9,15H,7-8,10H2,1H3,(H,14,16). The SMILES string of the molecule is Cc1ncc(CCNS(=O)(=O)Cc2ccccc2)[nH]1. The average molecular weight is 279 g/mol.